The largest absolute Gasteiger partial charge is 0.493 e. The number of benzene rings is 1. The molecule has 0 radical (unpaired) electrons. The first-order valence-corrected chi connectivity index (χ1v) is 7.10. The molecule has 2 heterocycles. The molecule has 1 amide bonds. The lowest BCUT2D eigenvalue weighted by Crippen LogP contribution is -2.29. The molecule has 0 N–H and O–H groups in total. The van der Waals surface area contributed by atoms with Gasteiger partial charge in [0, 0.05) is 13.1 Å². The van der Waals surface area contributed by atoms with Crippen LogP contribution in [0.1, 0.15) is 22.8 Å². The van der Waals surface area contributed by atoms with E-state index in [2.05, 4.69) is 10.2 Å². The molecule has 1 saturated heterocycles. The highest BCUT2D eigenvalue weighted by molar-refractivity contribution is 5.98. The Labute approximate surface area is 128 Å². The normalized spacial score (nSPS) is 17.5. The Morgan fingerprint density at radius 1 is 1.23 bits per heavy atom. The number of nitrogens with zero attached hydrogens (tertiary/aromatic N) is 4. The summed E-state index contributed by atoms with van der Waals surface area (Å²) in [6.07, 6.45) is 4.14. The van der Waals surface area contributed by atoms with E-state index in [1.165, 1.54) is 7.11 Å². The van der Waals surface area contributed by atoms with Crippen LogP contribution in [0.3, 0.4) is 0 Å². The van der Waals surface area contributed by atoms with Crippen molar-refractivity contribution in [2.75, 3.05) is 27.3 Å². The average molecular weight is 302 g/mol. The molecular weight excluding hydrogens is 284 g/mol. The number of carbonyl (C=O) groups is 1. The van der Waals surface area contributed by atoms with Crippen molar-refractivity contribution in [3.8, 4) is 11.5 Å². The lowest BCUT2D eigenvalue weighted by molar-refractivity contribution is 0.0782. The van der Waals surface area contributed by atoms with E-state index in [1.807, 2.05) is 0 Å². The van der Waals surface area contributed by atoms with Gasteiger partial charge in [0.1, 0.15) is 0 Å². The fourth-order valence-corrected chi connectivity index (χ4v) is 2.76. The van der Waals surface area contributed by atoms with E-state index in [9.17, 15) is 4.79 Å². The summed E-state index contributed by atoms with van der Waals surface area (Å²) in [5.74, 6) is 0.957. The number of ether oxygens (including phenoxy) is 2. The fourth-order valence-electron chi connectivity index (χ4n) is 2.76. The summed E-state index contributed by atoms with van der Waals surface area (Å²) in [5, 5.41) is 8.30. The first-order valence-electron chi connectivity index (χ1n) is 7.10. The number of methoxy groups -OCH3 is 2. The minimum absolute atomic E-state index is 0.0644. The number of likely N-dealkylation sites (tertiary alicyclic amines) is 1. The van der Waals surface area contributed by atoms with Crippen LogP contribution in [0.25, 0.3) is 0 Å². The van der Waals surface area contributed by atoms with E-state index in [-0.39, 0.29) is 11.9 Å². The number of amides is 1. The van der Waals surface area contributed by atoms with Gasteiger partial charge in [-0.25, -0.2) is 0 Å². The third-order valence-corrected chi connectivity index (χ3v) is 3.85. The topological polar surface area (TPSA) is 69.5 Å². The summed E-state index contributed by atoms with van der Waals surface area (Å²) in [6, 6.07) is 5.44. The Balaban J connectivity index is 1.80. The molecule has 3 rings (SSSR count). The lowest BCUT2D eigenvalue weighted by atomic mass is 10.1. The van der Waals surface area contributed by atoms with E-state index in [0.717, 1.165) is 6.42 Å². The van der Waals surface area contributed by atoms with Crippen LogP contribution in [-0.2, 0) is 0 Å². The van der Waals surface area contributed by atoms with Gasteiger partial charge in [-0.15, -0.1) is 0 Å². The highest BCUT2D eigenvalue weighted by Gasteiger charge is 2.30. The second-order valence-corrected chi connectivity index (χ2v) is 5.08. The predicted molar refractivity (Wildman–Crippen MR) is 79.1 cm³/mol. The van der Waals surface area contributed by atoms with Crippen LogP contribution in [0.5, 0.6) is 11.5 Å². The molecule has 7 nitrogen and oxygen atoms in total. The first kappa shape index (κ1) is 14.4. The zero-order valence-corrected chi connectivity index (χ0v) is 12.6. The van der Waals surface area contributed by atoms with E-state index in [0.29, 0.717) is 30.2 Å². The van der Waals surface area contributed by atoms with Crippen LogP contribution in [0.2, 0.25) is 0 Å². The average Bonchev–Trinajstić information content (AvgIpc) is 3.23. The molecule has 116 valence electrons. The maximum absolute atomic E-state index is 12.8. The molecule has 0 bridgehead atoms. The highest BCUT2D eigenvalue weighted by atomic mass is 16.5. The summed E-state index contributed by atoms with van der Waals surface area (Å²) in [6.45, 7) is 1.26. The Bertz CT molecular complexity index is 657. The zero-order chi connectivity index (χ0) is 15.5. The number of carbonyl (C=O) groups excluding carboxylic acids is 1. The number of hydrogen-bond donors (Lipinski definition) is 0. The van der Waals surface area contributed by atoms with Gasteiger partial charge in [0.25, 0.3) is 5.91 Å². The van der Waals surface area contributed by atoms with E-state index < -0.39 is 0 Å². The maximum atomic E-state index is 12.8. The van der Waals surface area contributed by atoms with Crippen LogP contribution < -0.4 is 9.47 Å². The summed E-state index contributed by atoms with van der Waals surface area (Å²) in [4.78, 5) is 16.2. The predicted octanol–water partition coefficient (Wildman–Crippen LogP) is 1.38. The molecule has 1 aromatic carbocycles. The molecule has 1 aromatic heterocycles. The number of para-hydroxylation sites is 1. The molecule has 0 aliphatic carbocycles. The third kappa shape index (κ3) is 2.49. The summed E-state index contributed by atoms with van der Waals surface area (Å²) in [7, 11) is 3.09. The zero-order valence-electron chi connectivity index (χ0n) is 12.6. The van der Waals surface area contributed by atoms with Gasteiger partial charge < -0.3 is 14.4 Å². The van der Waals surface area contributed by atoms with Crippen molar-refractivity contribution in [1.82, 2.24) is 19.9 Å². The molecule has 1 atom stereocenters. The van der Waals surface area contributed by atoms with Gasteiger partial charge >= 0.3 is 0 Å². The van der Waals surface area contributed by atoms with Gasteiger partial charge in [-0.2, -0.15) is 15.0 Å². The van der Waals surface area contributed by atoms with Crippen LogP contribution in [0, 0.1) is 0 Å². The SMILES string of the molecule is COc1cccc(C(=O)N2CCC(n3nccn3)C2)c1OC. The molecule has 0 spiro atoms. The first-order chi connectivity index (χ1) is 10.7. The summed E-state index contributed by atoms with van der Waals surface area (Å²) in [5.41, 5.74) is 0.510. The molecule has 1 fully saturated rings. The van der Waals surface area contributed by atoms with Crippen molar-refractivity contribution >= 4 is 5.91 Å². The fraction of sp³-hybridized carbons (Fsp3) is 0.400. The number of aromatic nitrogens is 3. The van der Waals surface area contributed by atoms with E-state index >= 15 is 0 Å². The Morgan fingerprint density at radius 3 is 2.68 bits per heavy atom. The van der Waals surface area contributed by atoms with Crippen LogP contribution >= 0.6 is 0 Å². The van der Waals surface area contributed by atoms with Gasteiger partial charge in [0.2, 0.25) is 0 Å². The highest BCUT2D eigenvalue weighted by Crippen LogP contribution is 2.32. The molecule has 7 heteroatoms. The number of hydrogen-bond acceptors (Lipinski definition) is 5. The molecular formula is C15H18N4O3. The lowest BCUT2D eigenvalue weighted by Gasteiger charge is -2.19. The smallest absolute Gasteiger partial charge is 0.257 e. The van der Waals surface area contributed by atoms with E-state index in [1.54, 1.807) is 47.4 Å². The van der Waals surface area contributed by atoms with Gasteiger partial charge in [-0.3, -0.25) is 4.79 Å². The van der Waals surface area contributed by atoms with Gasteiger partial charge in [-0.1, -0.05) is 6.07 Å². The molecule has 2 aromatic rings. The van der Waals surface area contributed by atoms with Crippen molar-refractivity contribution in [1.29, 1.82) is 0 Å². The van der Waals surface area contributed by atoms with E-state index in [4.69, 9.17) is 9.47 Å². The second-order valence-electron chi connectivity index (χ2n) is 5.08. The maximum Gasteiger partial charge on any atom is 0.257 e. The van der Waals surface area contributed by atoms with Gasteiger partial charge in [-0.05, 0) is 18.6 Å². The van der Waals surface area contributed by atoms with Crippen molar-refractivity contribution in [2.24, 2.45) is 0 Å². The summed E-state index contributed by atoms with van der Waals surface area (Å²) < 4.78 is 10.6. The second kappa shape index (κ2) is 6.05. The Morgan fingerprint density at radius 2 is 2.00 bits per heavy atom. The quantitative estimate of drug-likeness (QED) is 0.853. The standard InChI is InChI=1S/C15H18N4O3/c1-21-13-5-3-4-12(14(13)22-2)15(20)18-9-6-11(10-18)19-16-7-8-17-19/h3-5,7-8,11H,6,9-10H2,1-2H3. The van der Waals surface area contributed by atoms with Crippen molar-refractivity contribution < 1.29 is 14.3 Å². The van der Waals surface area contributed by atoms with Crippen molar-refractivity contribution in [3.05, 3.63) is 36.2 Å². The van der Waals surface area contributed by atoms with Crippen molar-refractivity contribution in [3.63, 3.8) is 0 Å². The Hall–Kier alpha value is -2.57. The monoisotopic (exact) mass is 302 g/mol. The van der Waals surface area contributed by atoms with Gasteiger partial charge in [0.15, 0.2) is 11.5 Å². The molecule has 22 heavy (non-hydrogen) atoms. The van der Waals surface area contributed by atoms with Crippen LogP contribution in [0.15, 0.2) is 30.6 Å². The van der Waals surface area contributed by atoms with Gasteiger partial charge in [0.05, 0.1) is 38.2 Å². The van der Waals surface area contributed by atoms with Crippen molar-refractivity contribution in [2.45, 2.75) is 12.5 Å². The molecule has 0 saturated carbocycles. The minimum Gasteiger partial charge on any atom is -0.493 e. The third-order valence-electron chi connectivity index (χ3n) is 3.85. The van der Waals surface area contributed by atoms with Crippen LogP contribution in [-0.4, -0.2) is 53.1 Å². The Kier molecular flexibility index (Phi) is 3.95. The molecule has 1 aliphatic heterocycles. The number of rotatable bonds is 4. The van der Waals surface area contributed by atoms with Crippen LogP contribution in [0.4, 0.5) is 0 Å². The summed E-state index contributed by atoms with van der Waals surface area (Å²) >= 11 is 0. The molecule has 1 aliphatic rings. The minimum atomic E-state index is -0.0644. The molecule has 1 unspecified atom stereocenters.